The predicted molar refractivity (Wildman–Crippen MR) is 67.3 cm³/mol. The first-order valence-electron chi connectivity index (χ1n) is 5.25. The zero-order valence-corrected chi connectivity index (χ0v) is 10.7. The topological polar surface area (TPSA) is 12.0 Å². The highest BCUT2D eigenvalue weighted by Crippen LogP contribution is 2.20. The van der Waals surface area contributed by atoms with E-state index >= 15 is 0 Å². The van der Waals surface area contributed by atoms with E-state index in [2.05, 4.69) is 11.9 Å². The maximum absolute atomic E-state index is 13.4. The molecule has 0 saturated carbocycles. The Balaban J connectivity index is 2.84. The van der Waals surface area contributed by atoms with E-state index < -0.39 is 0 Å². The van der Waals surface area contributed by atoms with Crippen molar-refractivity contribution in [1.82, 2.24) is 5.32 Å². The van der Waals surface area contributed by atoms with Gasteiger partial charge >= 0.3 is 0 Å². The Morgan fingerprint density at radius 1 is 1.44 bits per heavy atom. The van der Waals surface area contributed by atoms with Crippen LogP contribution in [0.2, 0.25) is 0 Å². The van der Waals surface area contributed by atoms with Crippen LogP contribution in [0.15, 0.2) is 23.7 Å². The minimum absolute atomic E-state index is 0.127. The normalized spacial score (nSPS) is 12.6. The Labute approximate surface area is 101 Å². The van der Waals surface area contributed by atoms with Crippen molar-refractivity contribution in [3.63, 3.8) is 0 Å². The number of aryl methyl sites for hydroxylation is 2. The van der Waals surface area contributed by atoms with Gasteiger partial charge in [-0.05, 0) is 37.5 Å². The molecule has 1 nitrogen and oxygen atoms in total. The summed E-state index contributed by atoms with van der Waals surface area (Å²) in [6, 6.07) is 3.85. The lowest BCUT2D eigenvalue weighted by molar-refractivity contribution is 0.592. The Bertz CT molecular complexity index is 378. The van der Waals surface area contributed by atoms with Crippen molar-refractivity contribution in [1.29, 1.82) is 0 Å². The molecule has 1 aromatic carbocycles. The molecule has 0 fully saturated rings. The van der Waals surface area contributed by atoms with E-state index in [0.717, 1.165) is 5.56 Å². The first-order chi connectivity index (χ1) is 7.41. The Hall–Kier alpha value is -0.860. The summed E-state index contributed by atoms with van der Waals surface area (Å²) in [5, 5.41) is 3.79. The fourth-order valence-electron chi connectivity index (χ4n) is 1.61. The fraction of sp³-hybridized carbons (Fsp3) is 0.385. The van der Waals surface area contributed by atoms with Gasteiger partial charge in [-0.3, -0.25) is 0 Å². The van der Waals surface area contributed by atoms with Crippen LogP contribution in [0.4, 0.5) is 4.39 Å². The average Bonchev–Trinajstić information content (AvgIpc) is 2.21. The van der Waals surface area contributed by atoms with Crippen LogP contribution in [0, 0.1) is 19.7 Å². The summed E-state index contributed by atoms with van der Waals surface area (Å²) in [6.45, 7) is 9.74. The third-order valence-electron chi connectivity index (χ3n) is 2.56. The van der Waals surface area contributed by atoms with Crippen LogP contribution in [0.25, 0.3) is 0 Å². The molecule has 1 atom stereocenters. The molecule has 0 spiro atoms. The largest absolute Gasteiger partial charge is 0.305 e. The van der Waals surface area contributed by atoms with Gasteiger partial charge in [-0.25, -0.2) is 4.39 Å². The van der Waals surface area contributed by atoms with Gasteiger partial charge in [-0.15, -0.1) is 0 Å². The molecule has 0 aliphatic heterocycles. The number of rotatable bonds is 4. The summed E-state index contributed by atoms with van der Waals surface area (Å²) in [7, 11) is 0. The Kier molecular flexibility index (Phi) is 4.51. The van der Waals surface area contributed by atoms with E-state index in [1.54, 1.807) is 13.8 Å². The molecule has 1 N–H and O–H groups in total. The van der Waals surface area contributed by atoms with Gasteiger partial charge in [0.1, 0.15) is 5.82 Å². The second-order valence-electron chi connectivity index (χ2n) is 4.09. The van der Waals surface area contributed by atoms with Crippen molar-refractivity contribution in [2.24, 2.45) is 0 Å². The van der Waals surface area contributed by atoms with Crippen LogP contribution in [-0.2, 0) is 0 Å². The lowest BCUT2D eigenvalue weighted by Gasteiger charge is -2.15. The number of benzene rings is 1. The van der Waals surface area contributed by atoms with E-state index in [-0.39, 0.29) is 11.9 Å². The van der Waals surface area contributed by atoms with Crippen LogP contribution >= 0.6 is 11.6 Å². The minimum atomic E-state index is -0.127. The quantitative estimate of drug-likeness (QED) is 0.845. The molecule has 0 heterocycles. The maximum Gasteiger partial charge on any atom is 0.129 e. The van der Waals surface area contributed by atoms with Crippen LogP contribution in [0.1, 0.15) is 29.7 Å². The summed E-state index contributed by atoms with van der Waals surface area (Å²) in [5.74, 6) is -0.127. The van der Waals surface area contributed by atoms with Gasteiger partial charge in [0, 0.05) is 17.6 Å². The maximum atomic E-state index is 13.4. The molecule has 3 heteroatoms. The molecule has 0 saturated heterocycles. The highest BCUT2D eigenvalue weighted by molar-refractivity contribution is 6.29. The van der Waals surface area contributed by atoms with E-state index in [1.165, 1.54) is 0 Å². The zero-order valence-electron chi connectivity index (χ0n) is 9.90. The Morgan fingerprint density at radius 2 is 1.94 bits per heavy atom. The molecule has 1 aromatic rings. The number of halogens is 2. The average molecular weight is 242 g/mol. The van der Waals surface area contributed by atoms with Gasteiger partial charge in [-0.1, -0.05) is 30.3 Å². The highest BCUT2D eigenvalue weighted by atomic mass is 35.5. The summed E-state index contributed by atoms with van der Waals surface area (Å²) < 4.78 is 13.4. The molecule has 0 amide bonds. The van der Waals surface area contributed by atoms with Crippen LogP contribution in [-0.4, -0.2) is 6.54 Å². The third kappa shape index (κ3) is 3.32. The summed E-state index contributed by atoms with van der Waals surface area (Å²) in [5.41, 5.74) is 2.41. The molecule has 0 aliphatic rings. The van der Waals surface area contributed by atoms with Gasteiger partial charge in [-0.2, -0.15) is 0 Å². The molecule has 0 radical (unpaired) electrons. The van der Waals surface area contributed by atoms with Gasteiger partial charge in [0.15, 0.2) is 0 Å². The molecule has 1 unspecified atom stereocenters. The number of hydrogen-bond acceptors (Lipinski definition) is 1. The molecule has 1 rings (SSSR count). The van der Waals surface area contributed by atoms with Gasteiger partial charge < -0.3 is 5.32 Å². The second-order valence-corrected chi connectivity index (χ2v) is 4.62. The molecular weight excluding hydrogens is 225 g/mol. The molecule has 16 heavy (non-hydrogen) atoms. The molecule has 0 aliphatic carbocycles. The summed E-state index contributed by atoms with van der Waals surface area (Å²) in [6.07, 6.45) is 0. The van der Waals surface area contributed by atoms with Crippen LogP contribution in [0.3, 0.4) is 0 Å². The Morgan fingerprint density at radius 3 is 2.38 bits per heavy atom. The SMILES string of the molecule is C=C(Cl)CNC(C)c1cc(C)c(F)c(C)c1. The number of nitrogens with one attached hydrogen (secondary N) is 1. The van der Waals surface area contributed by atoms with Crippen molar-refractivity contribution in [2.45, 2.75) is 26.8 Å². The first-order valence-corrected chi connectivity index (χ1v) is 5.63. The predicted octanol–water partition coefficient (Wildman–Crippen LogP) is 3.85. The molecule has 0 aromatic heterocycles. The standard InChI is InChI=1S/C13H17ClFN/c1-8-5-12(6-9(2)13(8)15)11(4)16-7-10(3)14/h5-6,11,16H,3,7H2,1-2,4H3. The monoisotopic (exact) mass is 241 g/mol. The smallest absolute Gasteiger partial charge is 0.129 e. The van der Waals surface area contributed by atoms with Crippen molar-refractivity contribution in [2.75, 3.05) is 6.54 Å². The van der Waals surface area contributed by atoms with Crippen molar-refractivity contribution >= 4 is 11.6 Å². The van der Waals surface area contributed by atoms with Crippen LogP contribution in [0.5, 0.6) is 0 Å². The molecule has 88 valence electrons. The number of hydrogen-bond donors (Lipinski definition) is 1. The van der Waals surface area contributed by atoms with E-state index in [0.29, 0.717) is 22.7 Å². The molecular formula is C13H17ClFN. The lowest BCUT2D eigenvalue weighted by atomic mass is 10.0. The van der Waals surface area contributed by atoms with E-state index in [4.69, 9.17) is 11.6 Å². The molecule has 0 bridgehead atoms. The van der Waals surface area contributed by atoms with Crippen molar-refractivity contribution in [3.8, 4) is 0 Å². The lowest BCUT2D eigenvalue weighted by Crippen LogP contribution is -2.20. The van der Waals surface area contributed by atoms with Crippen LogP contribution < -0.4 is 5.32 Å². The van der Waals surface area contributed by atoms with E-state index in [1.807, 2.05) is 19.1 Å². The van der Waals surface area contributed by atoms with E-state index in [9.17, 15) is 4.39 Å². The summed E-state index contributed by atoms with van der Waals surface area (Å²) >= 11 is 5.68. The third-order valence-corrected chi connectivity index (χ3v) is 2.69. The van der Waals surface area contributed by atoms with Gasteiger partial charge in [0.2, 0.25) is 0 Å². The highest BCUT2D eigenvalue weighted by Gasteiger charge is 2.09. The first kappa shape index (κ1) is 13.2. The van der Waals surface area contributed by atoms with Crippen molar-refractivity contribution < 1.29 is 4.39 Å². The fourth-order valence-corrected chi connectivity index (χ4v) is 1.69. The van der Waals surface area contributed by atoms with Gasteiger partial charge in [0.25, 0.3) is 0 Å². The van der Waals surface area contributed by atoms with Gasteiger partial charge in [0.05, 0.1) is 0 Å². The van der Waals surface area contributed by atoms with Crippen molar-refractivity contribution in [3.05, 3.63) is 46.3 Å². The minimum Gasteiger partial charge on any atom is -0.305 e. The zero-order chi connectivity index (χ0) is 12.3. The summed E-state index contributed by atoms with van der Waals surface area (Å²) in [4.78, 5) is 0. The second kappa shape index (κ2) is 5.46.